The Morgan fingerprint density at radius 1 is 1.52 bits per heavy atom. The lowest BCUT2D eigenvalue weighted by molar-refractivity contribution is -0.385. The minimum atomic E-state index is -0.526. The monoisotopic (exact) mass is 386 g/mol. The summed E-state index contributed by atoms with van der Waals surface area (Å²) in [7, 11) is 0. The molecule has 0 bridgehead atoms. The van der Waals surface area contributed by atoms with E-state index in [1.807, 2.05) is 0 Å². The summed E-state index contributed by atoms with van der Waals surface area (Å²) in [5.41, 5.74) is 0.128. The van der Waals surface area contributed by atoms with E-state index in [9.17, 15) is 14.9 Å². The van der Waals surface area contributed by atoms with Crippen molar-refractivity contribution in [2.45, 2.75) is 12.8 Å². The molecule has 0 spiro atoms. The first kappa shape index (κ1) is 17.8. The van der Waals surface area contributed by atoms with Crippen LogP contribution in [0.5, 0.6) is 0 Å². The number of nitro benzene ring substituents is 1. The summed E-state index contributed by atoms with van der Waals surface area (Å²) < 4.78 is 11.0. The maximum Gasteiger partial charge on any atom is 0.284 e. The van der Waals surface area contributed by atoms with Crippen molar-refractivity contribution in [2.24, 2.45) is 5.92 Å². The molecular formula is C15H19BrN2O5. The number of nitrogens with one attached hydrogen (secondary N) is 1. The van der Waals surface area contributed by atoms with Crippen molar-refractivity contribution in [1.82, 2.24) is 5.32 Å². The first-order valence-electron chi connectivity index (χ1n) is 7.46. The summed E-state index contributed by atoms with van der Waals surface area (Å²) in [6.45, 7) is 3.27. The van der Waals surface area contributed by atoms with Gasteiger partial charge in [0.05, 0.1) is 23.7 Å². The first-order chi connectivity index (χ1) is 11.1. The van der Waals surface area contributed by atoms with Crippen molar-refractivity contribution < 1.29 is 19.2 Å². The number of carbonyl (C=O) groups excluding carboxylic acids is 1. The number of ether oxygens (including phenoxy) is 2. The second-order valence-electron chi connectivity index (χ2n) is 5.31. The van der Waals surface area contributed by atoms with E-state index in [1.165, 1.54) is 12.1 Å². The average molecular weight is 387 g/mol. The van der Waals surface area contributed by atoms with E-state index < -0.39 is 4.92 Å². The lowest BCUT2D eigenvalue weighted by Crippen LogP contribution is -2.26. The Labute approximate surface area is 142 Å². The van der Waals surface area contributed by atoms with Gasteiger partial charge < -0.3 is 14.8 Å². The van der Waals surface area contributed by atoms with Crippen molar-refractivity contribution in [3.8, 4) is 0 Å². The van der Waals surface area contributed by atoms with Gasteiger partial charge in [0.2, 0.25) is 0 Å². The third-order valence-electron chi connectivity index (χ3n) is 3.55. The molecule has 0 aromatic heterocycles. The van der Waals surface area contributed by atoms with Crippen molar-refractivity contribution >= 4 is 27.5 Å². The van der Waals surface area contributed by atoms with Crippen molar-refractivity contribution in [2.75, 3.05) is 33.0 Å². The zero-order chi connectivity index (χ0) is 16.7. The normalized spacial score (nSPS) is 17.2. The van der Waals surface area contributed by atoms with Gasteiger partial charge in [-0.15, -0.1) is 0 Å². The van der Waals surface area contributed by atoms with E-state index in [2.05, 4.69) is 21.2 Å². The molecule has 1 saturated heterocycles. The summed E-state index contributed by atoms with van der Waals surface area (Å²) in [5.74, 6) is 0.134. The number of hydrogen-bond acceptors (Lipinski definition) is 5. The summed E-state index contributed by atoms with van der Waals surface area (Å²) in [5, 5.41) is 13.6. The van der Waals surface area contributed by atoms with Gasteiger partial charge in [-0.3, -0.25) is 14.9 Å². The van der Waals surface area contributed by atoms with Gasteiger partial charge in [-0.1, -0.05) is 6.07 Å². The van der Waals surface area contributed by atoms with Gasteiger partial charge in [-0.2, -0.15) is 0 Å². The predicted molar refractivity (Wildman–Crippen MR) is 87.5 cm³/mol. The molecule has 1 aliphatic heterocycles. The van der Waals surface area contributed by atoms with Gasteiger partial charge >= 0.3 is 0 Å². The number of amides is 1. The minimum Gasteiger partial charge on any atom is -0.381 e. The zero-order valence-electron chi connectivity index (χ0n) is 12.6. The molecule has 8 heteroatoms. The van der Waals surface area contributed by atoms with Crippen molar-refractivity contribution in [3.05, 3.63) is 38.3 Å². The highest BCUT2D eigenvalue weighted by molar-refractivity contribution is 9.10. The number of hydrogen-bond donors (Lipinski definition) is 1. The van der Waals surface area contributed by atoms with Crippen LogP contribution in [0.3, 0.4) is 0 Å². The van der Waals surface area contributed by atoms with E-state index in [4.69, 9.17) is 9.47 Å². The standard InChI is InChI=1S/C15H19BrN2O5/c16-14-12(3-1-4-13(14)18(20)21)15(19)17-6-2-7-22-9-11-5-8-23-10-11/h1,3-4,11H,2,5-10H2,(H,17,19). The molecule has 1 aromatic carbocycles. The quantitative estimate of drug-likeness (QED) is 0.421. The van der Waals surface area contributed by atoms with E-state index in [0.717, 1.165) is 19.6 Å². The summed E-state index contributed by atoms with van der Waals surface area (Å²) >= 11 is 3.11. The number of nitro groups is 1. The number of nitrogens with zero attached hydrogens (tertiary/aromatic N) is 1. The molecular weight excluding hydrogens is 368 g/mol. The number of rotatable bonds is 8. The van der Waals surface area contributed by atoms with Crippen molar-refractivity contribution in [3.63, 3.8) is 0 Å². The second-order valence-corrected chi connectivity index (χ2v) is 6.10. The average Bonchev–Trinajstić information content (AvgIpc) is 3.03. The molecule has 0 radical (unpaired) electrons. The highest BCUT2D eigenvalue weighted by Gasteiger charge is 2.19. The molecule has 2 rings (SSSR count). The SMILES string of the molecule is O=C(NCCCOCC1CCOC1)c1cccc([N+](=O)[O-])c1Br. The van der Waals surface area contributed by atoms with Gasteiger partial charge in [0.25, 0.3) is 11.6 Å². The Kier molecular flexibility index (Phi) is 6.94. The fourth-order valence-electron chi connectivity index (χ4n) is 2.27. The van der Waals surface area contributed by atoms with Crippen LogP contribution in [0.2, 0.25) is 0 Å². The van der Waals surface area contributed by atoms with E-state index in [1.54, 1.807) is 6.07 Å². The predicted octanol–water partition coefficient (Wildman–Crippen LogP) is 2.53. The topological polar surface area (TPSA) is 90.7 Å². The van der Waals surface area contributed by atoms with Crippen LogP contribution in [0.25, 0.3) is 0 Å². The molecule has 1 aromatic rings. The highest BCUT2D eigenvalue weighted by atomic mass is 79.9. The smallest absolute Gasteiger partial charge is 0.284 e. The molecule has 1 amide bonds. The fraction of sp³-hybridized carbons (Fsp3) is 0.533. The number of benzene rings is 1. The van der Waals surface area contributed by atoms with Crippen molar-refractivity contribution in [1.29, 1.82) is 0 Å². The molecule has 7 nitrogen and oxygen atoms in total. The van der Waals surface area contributed by atoms with Crippen LogP contribution < -0.4 is 5.32 Å². The van der Waals surface area contributed by atoms with Crippen LogP contribution in [0, 0.1) is 16.0 Å². The molecule has 0 saturated carbocycles. The zero-order valence-corrected chi connectivity index (χ0v) is 14.2. The third-order valence-corrected chi connectivity index (χ3v) is 4.38. The van der Waals surface area contributed by atoms with Gasteiger partial charge in [0.15, 0.2) is 0 Å². The third kappa shape index (κ3) is 5.26. The molecule has 1 unspecified atom stereocenters. The van der Waals surface area contributed by atoms with E-state index >= 15 is 0 Å². The molecule has 126 valence electrons. The lowest BCUT2D eigenvalue weighted by Gasteiger charge is -2.09. The van der Waals surface area contributed by atoms with Crippen LogP contribution in [0.4, 0.5) is 5.69 Å². The maximum absolute atomic E-state index is 12.1. The minimum absolute atomic E-state index is 0.125. The molecule has 0 aliphatic carbocycles. The highest BCUT2D eigenvalue weighted by Crippen LogP contribution is 2.28. The Morgan fingerprint density at radius 2 is 2.35 bits per heavy atom. The van der Waals surface area contributed by atoms with E-state index in [-0.39, 0.29) is 21.6 Å². The Morgan fingerprint density at radius 3 is 3.04 bits per heavy atom. The largest absolute Gasteiger partial charge is 0.381 e. The van der Waals surface area contributed by atoms with Crippen LogP contribution in [-0.4, -0.2) is 43.8 Å². The fourth-order valence-corrected chi connectivity index (χ4v) is 2.86. The molecule has 1 heterocycles. The van der Waals surface area contributed by atoms with Crippen LogP contribution in [0.15, 0.2) is 22.7 Å². The van der Waals surface area contributed by atoms with Gasteiger partial charge in [0.1, 0.15) is 4.47 Å². The van der Waals surface area contributed by atoms with Crippen LogP contribution in [-0.2, 0) is 9.47 Å². The van der Waals surface area contributed by atoms with Crippen LogP contribution in [0.1, 0.15) is 23.2 Å². The molecule has 1 aliphatic rings. The number of carbonyl (C=O) groups is 1. The molecule has 1 N–H and O–H groups in total. The Bertz CT molecular complexity index is 561. The van der Waals surface area contributed by atoms with Gasteiger partial charge in [-0.05, 0) is 34.8 Å². The molecule has 23 heavy (non-hydrogen) atoms. The Hall–Kier alpha value is -1.51. The van der Waals surface area contributed by atoms with E-state index in [0.29, 0.717) is 32.1 Å². The maximum atomic E-state index is 12.1. The van der Waals surface area contributed by atoms with Gasteiger partial charge in [0, 0.05) is 31.7 Å². The Balaban J connectivity index is 1.70. The first-order valence-corrected chi connectivity index (χ1v) is 8.25. The second kappa shape index (κ2) is 8.95. The molecule has 1 fully saturated rings. The summed E-state index contributed by atoms with van der Waals surface area (Å²) in [6.07, 6.45) is 1.73. The molecule has 1 atom stereocenters. The van der Waals surface area contributed by atoms with Crippen LogP contribution >= 0.6 is 15.9 Å². The lowest BCUT2D eigenvalue weighted by atomic mass is 10.1. The summed E-state index contributed by atoms with van der Waals surface area (Å²) in [6, 6.07) is 4.38. The number of halogens is 1. The van der Waals surface area contributed by atoms with Gasteiger partial charge in [-0.25, -0.2) is 0 Å². The summed E-state index contributed by atoms with van der Waals surface area (Å²) in [4.78, 5) is 22.4.